The number of carbonyl (C=O) groups is 1. The first-order chi connectivity index (χ1) is 15.9. The van der Waals surface area contributed by atoms with E-state index in [2.05, 4.69) is 15.3 Å². The number of rotatable bonds is 10. The Morgan fingerprint density at radius 1 is 1.09 bits per heavy atom. The molecule has 0 radical (unpaired) electrons. The van der Waals surface area contributed by atoms with Crippen molar-refractivity contribution in [3.8, 4) is 5.75 Å². The van der Waals surface area contributed by atoms with Crippen molar-refractivity contribution in [2.24, 2.45) is 0 Å². The predicted octanol–water partition coefficient (Wildman–Crippen LogP) is 3.79. The molecule has 3 rings (SSSR count). The minimum Gasteiger partial charge on any atom is -0.491 e. The van der Waals surface area contributed by atoms with Crippen molar-refractivity contribution in [1.29, 1.82) is 0 Å². The molecule has 174 valence electrons. The molecule has 0 unspecified atom stereocenters. The van der Waals surface area contributed by atoms with Crippen LogP contribution < -0.4 is 15.0 Å². The Bertz CT molecular complexity index is 1080. The lowest BCUT2D eigenvalue weighted by Crippen LogP contribution is -2.25. The van der Waals surface area contributed by atoms with Gasteiger partial charge in [-0.1, -0.05) is 6.07 Å². The lowest BCUT2D eigenvalue weighted by Gasteiger charge is -2.19. The summed E-state index contributed by atoms with van der Waals surface area (Å²) >= 11 is 0. The first kappa shape index (κ1) is 23.9. The van der Waals surface area contributed by atoms with Crippen LogP contribution in [-0.2, 0) is 9.57 Å². The number of nitrogens with zero attached hydrogens (tertiary/aromatic N) is 4. The highest BCUT2D eigenvalue weighted by Gasteiger charge is 2.15. The lowest BCUT2D eigenvalue weighted by molar-refractivity contribution is -0.0756. The zero-order valence-corrected chi connectivity index (χ0v) is 18.9. The average Bonchev–Trinajstić information content (AvgIpc) is 2.84. The molecule has 3 aromatic rings. The molecule has 0 aliphatic rings. The van der Waals surface area contributed by atoms with Crippen LogP contribution >= 0.6 is 0 Å². The SMILES string of the molecule is COCCOc1ccc(N(C)c2ncc(F)c(Nc3cccc(C(=O)N(C)OC)c3)n2)cc1. The number of ether oxygens (including phenoxy) is 2. The van der Waals surface area contributed by atoms with Gasteiger partial charge in [0, 0.05) is 38.1 Å². The van der Waals surface area contributed by atoms with Crippen LogP contribution in [0.1, 0.15) is 10.4 Å². The van der Waals surface area contributed by atoms with Gasteiger partial charge in [-0.15, -0.1) is 0 Å². The number of nitrogens with one attached hydrogen (secondary N) is 1. The highest BCUT2D eigenvalue weighted by molar-refractivity contribution is 5.94. The summed E-state index contributed by atoms with van der Waals surface area (Å²) < 4.78 is 25.0. The van der Waals surface area contributed by atoms with Gasteiger partial charge in [-0.05, 0) is 42.5 Å². The van der Waals surface area contributed by atoms with E-state index >= 15 is 0 Å². The Labute approximate surface area is 191 Å². The van der Waals surface area contributed by atoms with Crippen molar-refractivity contribution in [2.45, 2.75) is 0 Å². The minimum absolute atomic E-state index is 0.0175. The summed E-state index contributed by atoms with van der Waals surface area (Å²) in [5.74, 6) is 0.0219. The van der Waals surface area contributed by atoms with E-state index in [4.69, 9.17) is 14.3 Å². The van der Waals surface area contributed by atoms with E-state index < -0.39 is 5.82 Å². The Kier molecular flexibility index (Phi) is 8.11. The van der Waals surface area contributed by atoms with Gasteiger partial charge in [0.1, 0.15) is 12.4 Å². The van der Waals surface area contributed by atoms with Crippen molar-refractivity contribution in [3.63, 3.8) is 0 Å². The Balaban J connectivity index is 1.76. The van der Waals surface area contributed by atoms with Gasteiger partial charge in [-0.2, -0.15) is 4.98 Å². The van der Waals surface area contributed by atoms with Gasteiger partial charge < -0.3 is 19.7 Å². The predicted molar refractivity (Wildman–Crippen MR) is 123 cm³/mol. The van der Waals surface area contributed by atoms with Crippen molar-refractivity contribution < 1.29 is 23.5 Å². The molecular weight excluding hydrogens is 429 g/mol. The number of hydrogen-bond acceptors (Lipinski definition) is 8. The van der Waals surface area contributed by atoms with Crippen LogP contribution in [0.15, 0.2) is 54.7 Å². The van der Waals surface area contributed by atoms with Crippen LogP contribution in [-0.4, -0.2) is 62.5 Å². The topological polar surface area (TPSA) is 89.1 Å². The zero-order chi connectivity index (χ0) is 23.8. The van der Waals surface area contributed by atoms with Crippen molar-refractivity contribution >= 4 is 29.0 Å². The summed E-state index contributed by atoms with van der Waals surface area (Å²) in [5, 5.41) is 4.02. The van der Waals surface area contributed by atoms with E-state index in [1.54, 1.807) is 43.3 Å². The molecule has 0 saturated heterocycles. The number of hydroxylamine groups is 2. The monoisotopic (exact) mass is 455 g/mol. The van der Waals surface area contributed by atoms with Crippen molar-refractivity contribution in [3.05, 3.63) is 66.1 Å². The Morgan fingerprint density at radius 2 is 1.85 bits per heavy atom. The summed E-state index contributed by atoms with van der Waals surface area (Å²) in [7, 11) is 6.30. The Hall–Kier alpha value is -3.76. The first-order valence-corrected chi connectivity index (χ1v) is 10.1. The number of anilines is 4. The second kappa shape index (κ2) is 11.2. The van der Waals surface area contributed by atoms with Gasteiger partial charge in [-0.3, -0.25) is 9.63 Å². The number of halogens is 1. The first-order valence-electron chi connectivity index (χ1n) is 10.1. The van der Waals surface area contributed by atoms with E-state index in [1.807, 2.05) is 24.3 Å². The molecule has 0 aliphatic heterocycles. The van der Waals surface area contributed by atoms with Gasteiger partial charge in [0.2, 0.25) is 5.95 Å². The van der Waals surface area contributed by atoms with Gasteiger partial charge in [0.05, 0.1) is 19.9 Å². The highest BCUT2D eigenvalue weighted by atomic mass is 19.1. The molecule has 33 heavy (non-hydrogen) atoms. The zero-order valence-electron chi connectivity index (χ0n) is 18.9. The molecule has 1 aromatic heterocycles. The number of aromatic nitrogens is 2. The molecule has 0 bridgehead atoms. The van der Waals surface area contributed by atoms with Crippen molar-refractivity contribution in [1.82, 2.24) is 15.0 Å². The second-order valence-corrected chi connectivity index (χ2v) is 6.95. The summed E-state index contributed by atoms with van der Waals surface area (Å²) in [4.78, 5) is 27.3. The van der Waals surface area contributed by atoms with E-state index in [0.29, 0.717) is 36.2 Å². The molecule has 0 saturated carbocycles. The van der Waals surface area contributed by atoms with Gasteiger partial charge in [-0.25, -0.2) is 14.4 Å². The molecule has 2 aromatic carbocycles. The lowest BCUT2D eigenvalue weighted by atomic mass is 10.2. The van der Waals surface area contributed by atoms with Crippen LogP contribution in [0.5, 0.6) is 5.75 Å². The molecule has 0 aliphatic carbocycles. The van der Waals surface area contributed by atoms with Crippen molar-refractivity contribution in [2.75, 3.05) is 51.7 Å². The standard InChI is InChI=1S/C23H26FN5O4/c1-28(18-8-10-19(11-9-18)33-13-12-31-3)23-25-15-20(24)21(27-23)26-17-7-5-6-16(14-17)22(30)29(2)32-4/h5-11,14-15H,12-13H2,1-4H3,(H,25,26,27). The Morgan fingerprint density at radius 3 is 2.55 bits per heavy atom. The molecule has 0 spiro atoms. The van der Waals surface area contributed by atoms with Crippen LogP contribution in [0.25, 0.3) is 0 Å². The van der Waals surface area contributed by atoms with Gasteiger partial charge in [0.25, 0.3) is 5.91 Å². The van der Waals surface area contributed by atoms with E-state index in [0.717, 1.165) is 16.9 Å². The number of hydrogen-bond donors (Lipinski definition) is 1. The van der Waals surface area contributed by atoms with Gasteiger partial charge >= 0.3 is 0 Å². The van der Waals surface area contributed by atoms with Crippen LogP contribution in [0.4, 0.5) is 27.5 Å². The molecule has 10 heteroatoms. The molecule has 1 heterocycles. The molecule has 1 N–H and O–H groups in total. The van der Waals surface area contributed by atoms with E-state index in [9.17, 15) is 9.18 Å². The third-order valence-electron chi connectivity index (χ3n) is 4.74. The fraction of sp³-hybridized carbons (Fsp3) is 0.261. The molecule has 0 atom stereocenters. The molecule has 9 nitrogen and oxygen atoms in total. The fourth-order valence-corrected chi connectivity index (χ4v) is 2.86. The van der Waals surface area contributed by atoms with Crippen LogP contribution in [0, 0.1) is 5.82 Å². The third-order valence-corrected chi connectivity index (χ3v) is 4.74. The second-order valence-electron chi connectivity index (χ2n) is 6.95. The van der Waals surface area contributed by atoms with Crippen LogP contribution in [0.2, 0.25) is 0 Å². The number of carbonyl (C=O) groups excluding carboxylic acids is 1. The number of methoxy groups -OCH3 is 1. The summed E-state index contributed by atoms with van der Waals surface area (Å²) in [5.41, 5.74) is 1.67. The third kappa shape index (κ3) is 6.15. The van der Waals surface area contributed by atoms with E-state index in [1.165, 1.54) is 14.2 Å². The normalized spacial score (nSPS) is 10.6. The van der Waals surface area contributed by atoms with E-state index in [-0.39, 0.29) is 11.7 Å². The largest absolute Gasteiger partial charge is 0.491 e. The average molecular weight is 455 g/mol. The highest BCUT2D eigenvalue weighted by Crippen LogP contribution is 2.26. The smallest absolute Gasteiger partial charge is 0.277 e. The van der Waals surface area contributed by atoms with Gasteiger partial charge in [0.15, 0.2) is 11.6 Å². The number of amides is 1. The summed E-state index contributed by atoms with van der Waals surface area (Å²) in [6.07, 6.45) is 1.09. The summed E-state index contributed by atoms with van der Waals surface area (Å²) in [6.45, 7) is 0.956. The molecule has 0 fully saturated rings. The fourth-order valence-electron chi connectivity index (χ4n) is 2.86. The molecule has 1 amide bonds. The summed E-state index contributed by atoms with van der Waals surface area (Å²) in [6, 6.07) is 14.0. The minimum atomic E-state index is -0.625. The number of benzene rings is 2. The maximum atomic E-state index is 14.4. The van der Waals surface area contributed by atoms with Crippen LogP contribution in [0.3, 0.4) is 0 Å². The maximum absolute atomic E-state index is 14.4. The maximum Gasteiger partial charge on any atom is 0.277 e. The quantitative estimate of drug-likeness (QED) is 0.365. The molecular formula is C23H26FN5O4.